The SMILES string of the molecule is CCCN1/C(=C/C=C(/C=C/c2sc3ccccc3[n+]2CCC)c2ccc([N+](=O)[O-])cc2)Sc2ccccc21. The van der Waals surface area contributed by atoms with Crippen LogP contribution in [0.2, 0.25) is 0 Å². The predicted octanol–water partition coefficient (Wildman–Crippen LogP) is 8.47. The summed E-state index contributed by atoms with van der Waals surface area (Å²) in [6.07, 6.45) is 10.7. The number of hydrogen-bond donors (Lipinski definition) is 0. The van der Waals surface area contributed by atoms with Gasteiger partial charge < -0.3 is 4.90 Å². The first kappa shape index (κ1) is 25.9. The van der Waals surface area contributed by atoms with Crippen LogP contribution < -0.4 is 9.47 Å². The Labute approximate surface area is 231 Å². The predicted molar refractivity (Wildman–Crippen MR) is 160 cm³/mol. The molecule has 0 radical (unpaired) electrons. The van der Waals surface area contributed by atoms with E-state index in [-0.39, 0.29) is 10.6 Å². The van der Waals surface area contributed by atoms with Crippen LogP contribution in [-0.4, -0.2) is 11.5 Å². The Kier molecular flexibility index (Phi) is 8.05. The Morgan fingerprint density at radius 1 is 1.00 bits per heavy atom. The highest BCUT2D eigenvalue weighted by atomic mass is 32.2. The number of aryl methyl sites for hydroxylation is 1. The topological polar surface area (TPSA) is 50.3 Å². The number of nitro benzene ring substituents is 1. The molecule has 38 heavy (non-hydrogen) atoms. The Hall–Kier alpha value is -3.68. The van der Waals surface area contributed by atoms with Gasteiger partial charge in [-0.1, -0.05) is 67.3 Å². The molecule has 0 N–H and O–H groups in total. The van der Waals surface area contributed by atoms with E-state index in [9.17, 15) is 10.1 Å². The van der Waals surface area contributed by atoms with Crippen molar-refractivity contribution in [3.05, 3.63) is 117 Å². The van der Waals surface area contributed by atoms with Crippen LogP contribution in [0.25, 0.3) is 21.9 Å². The van der Waals surface area contributed by atoms with Crippen molar-refractivity contribution in [3.8, 4) is 0 Å². The molecule has 0 aliphatic carbocycles. The Morgan fingerprint density at radius 3 is 2.53 bits per heavy atom. The van der Waals surface area contributed by atoms with Crippen LogP contribution in [0, 0.1) is 10.1 Å². The van der Waals surface area contributed by atoms with Crippen LogP contribution in [-0.2, 0) is 6.54 Å². The molecule has 1 aliphatic heterocycles. The molecule has 3 aromatic carbocycles. The standard InChI is InChI=1S/C31H30N3O2S2/c1-3-21-32-26-9-5-7-11-28(26)37-30(32)19-15-24(23-13-17-25(18-14-23)34(35)36)16-20-31-33(22-4-2)27-10-6-8-12-29(27)38-31/h5-20H,3-4,21-22H2,1-2H3/q+1. The molecule has 1 aliphatic rings. The third-order valence-corrected chi connectivity index (χ3v) is 8.65. The highest BCUT2D eigenvalue weighted by Crippen LogP contribution is 2.45. The molecule has 0 bridgehead atoms. The molecule has 0 amide bonds. The third-order valence-electron chi connectivity index (χ3n) is 6.39. The summed E-state index contributed by atoms with van der Waals surface area (Å²) in [6, 6.07) is 23.8. The van der Waals surface area contributed by atoms with E-state index in [4.69, 9.17) is 0 Å². The zero-order chi connectivity index (χ0) is 26.5. The molecule has 4 aromatic rings. The number of para-hydroxylation sites is 2. The van der Waals surface area contributed by atoms with Crippen LogP contribution >= 0.6 is 23.1 Å². The highest BCUT2D eigenvalue weighted by molar-refractivity contribution is 8.03. The minimum Gasteiger partial charge on any atom is -0.335 e. The average Bonchev–Trinajstić information content (AvgIpc) is 3.47. The summed E-state index contributed by atoms with van der Waals surface area (Å²) in [5.74, 6) is 0. The van der Waals surface area contributed by atoms with Crippen molar-refractivity contribution in [1.29, 1.82) is 0 Å². The van der Waals surface area contributed by atoms with Gasteiger partial charge in [0.25, 0.3) is 10.7 Å². The van der Waals surface area contributed by atoms with Crippen molar-refractivity contribution < 1.29 is 9.49 Å². The second kappa shape index (κ2) is 11.8. The zero-order valence-electron chi connectivity index (χ0n) is 21.5. The number of benzene rings is 3. The van der Waals surface area contributed by atoms with E-state index in [1.807, 2.05) is 12.1 Å². The first-order valence-electron chi connectivity index (χ1n) is 12.9. The quantitative estimate of drug-likeness (QED) is 0.0925. The third kappa shape index (κ3) is 5.44. The number of hydrogen-bond acceptors (Lipinski definition) is 5. The molecule has 0 fully saturated rings. The molecule has 5 rings (SSSR count). The summed E-state index contributed by atoms with van der Waals surface area (Å²) in [5.41, 5.74) is 4.53. The van der Waals surface area contributed by atoms with Gasteiger partial charge in [-0.25, -0.2) is 0 Å². The summed E-state index contributed by atoms with van der Waals surface area (Å²) >= 11 is 3.56. The lowest BCUT2D eigenvalue weighted by Crippen LogP contribution is -2.34. The van der Waals surface area contributed by atoms with Crippen molar-refractivity contribution >= 4 is 56.3 Å². The van der Waals surface area contributed by atoms with Crippen molar-refractivity contribution in [3.63, 3.8) is 0 Å². The van der Waals surface area contributed by atoms with Crippen molar-refractivity contribution in [2.45, 2.75) is 38.1 Å². The average molecular weight is 541 g/mol. The second-order valence-electron chi connectivity index (χ2n) is 9.05. The molecule has 1 aromatic heterocycles. The van der Waals surface area contributed by atoms with Crippen molar-refractivity contribution in [1.82, 2.24) is 0 Å². The minimum atomic E-state index is -0.356. The van der Waals surface area contributed by atoms with Gasteiger partial charge in [0.2, 0.25) is 5.52 Å². The van der Waals surface area contributed by atoms with Crippen LogP contribution in [0.4, 0.5) is 11.4 Å². The lowest BCUT2D eigenvalue weighted by Gasteiger charge is -2.19. The first-order valence-corrected chi connectivity index (χ1v) is 14.5. The summed E-state index contributed by atoms with van der Waals surface area (Å²) in [5, 5.41) is 13.6. The van der Waals surface area contributed by atoms with Gasteiger partial charge in [-0.2, -0.15) is 4.57 Å². The highest BCUT2D eigenvalue weighted by Gasteiger charge is 2.23. The molecular formula is C31H30N3O2S2+. The number of fused-ring (bicyclic) bond motifs is 2. The van der Waals surface area contributed by atoms with Gasteiger partial charge in [0.1, 0.15) is 11.2 Å². The summed E-state index contributed by atoms with van der Waals surface area (Å²) < 4.78 is 3.63. The molecule has 0 atom stereocenters. The van der Waals surface area contributed by atoms with E-state index in [1.54, 1.807) is 35.2 Å². The van der Waals surface area contributed by atoms with Gasteiger partial charge in [-0.3, -0.25) is 10.1 Å². The van der Waals surface area contributed by atoms with Gasteiger partial charge in [0.05, 0.1) is 15.6 Å². The molecule has 0 spiro atoms. The maximum Gasteiger partial charge on any atom is 0.269 e. The van der Waals surface area contributed by atoms with E-state index in [2.05, 4.69) is 96.1 Å². The van der Waals surface area contributed by atoms with E-state index in [0.717, 1.165) is 37.1 Å². The number of thioether (sulfide) groups is 1. The summed E-state index contributed by atoms with van der Waals surface area (Å²) in [6.45, 7) is 6.29. The maximum absolute atomic E-state index is 11.2. The summed E-state index contributed by atoms with van der Waals surface area (Å²) in [4.78, 5) is 14.5. The van der Waals surface area contributed by atoms with E-state index in [1.165, 1.54) is 30.8 Å². The molecule has 0 saturated carbocycles. The molecule has 7 heteroatoms. The Bertz CT molecular complexity index is 1550. The minimum absolute atomic E-state index is 0.0941. The van der Waals surface area contributed by atoms with Gasteiger partial charge in [0.15, 0.2) is 0 Å². The number of allylic oxidation sites excluding steroid dienone is 4. The van der Waals surface area contributed by atoms with Crippen LogP contribution in [0.15, 0.2) is 101 Å². The molecule has 192 valence electrons. The van der Waals surface area contributed by atoms with Gasteiger partial charge >= 0.3 is 0 Å². The van der Waals surface area contributed by atoms with Crippen LogP contribution in [0.5, 0.6) is 0 Å². The van der Waals surface area contributed by atoms with Crippen molar-refractivity contribution in [2.75, 3.05) is 11.4 Å². The fourth-order valence-electron chi connectivity index (χ4n) is 4.61. The number of aromatic nitrogens is 1. The lowest BCUT2D eigenvalue weighted by atomic mass is 10.0. The number of anilines is 1. The largest absolute Gasteiger partial charge is 0.335 e. The van der Waals surface area contributed by atoms with E-state index in [0.29, 0.717) is 0 Å². The zero-order valence-corrected chi connectivity index (χ0v) is 23.2. The van der Waals surface area contributed by atoms with E-state index >= 15 is 0 Å². The molecule has 2 heterocycles. The van der Waals surface area contributed by atoms with Crippen molar-refractivity contribution in [2.24, 2.45) is 0 Å². The number of nitro groups is 1. The summed E-state index contributed by atoms with van der Waals surface area (Å²) in [7, 11) is 0. The molecular weight excluding hydrogens is 510 g/mol. The van der Waals surface area contributed by atoms with Gasteiger partial charge in [-0.05, 0) is 60.0 Å². The number of thiazole rings is 1. The van der Waals surface area contributed by atoms with E-state index < -0.39 is 0 Å². The fourth-order valence-corrected chi connectivity index (χ4v) is 6.79. The monoisotopic (exact) mass is 540 g/mol. The van der Waals surface area contributed by atoms with Crippen LogP contribution in [0.1, 0.15) is 37.3 Å². The maximum atomic E-state index is 11.2. The molecule has 5 nitrogen and oxygen atoms in total. The van der Waals surface area contributed by atoms with Gasteiger partial charge in [0, 0.05) is 42.1 Å². The van der Waals surface area contributed by atoms with Gasteiger partial charge in [-0.15, -0.1) is 0 Å². The molecule has 0 unspecified atom stereocenters. The second-order valence-corrected chi connectivity index (χ2v) is 11.2. The number of rotatable bonds is 9. The lowest BCUT2D eigenvalue weighted by molar-refractivity contribution is -0.668. The molecule has 0 saturated heterocycles. The first-order chi connectivity index (χ1) is 18.6. The smallest absolute Gasteiger partial charge is 0.269 e. The number of non-ortho nitro benzene ring substituents is 1. The Morgan fingerprint density at radius 2 is 1.76 bits per heavy atom. The normalized spacial score (nSPS) is 14.6. The Balaban J connectivity index is 1.55. The number of nitrogens with zero attached hydrogens (tertiary/aromatic N) is 3. The fraction of sp³-hybridized carbons (Fsp3) is 0.194. The van der Waals surface area contributed by atoms with Crippen LogP contribution in [0.3, 0.4) is 0 Å².